The van der Waals surface area contributed by atoms with Gasteiger partial charge in [-0.1, -0.05) is 48.0 Å². The zero-order valence-electron chi connectivity index (χ0n) is 14.5. The van der Waals surface area contributed by atoms with Crippen LogP contribution in [0.3, 0.4) is 0 Å². The molecular weight excluding hydrogens is 350 g/mol. The smallest absolute Gasteiger partial charge is 0.243 e. The predicted molar refractivity (Wildman–Crippen MR) is 103 cm³/mol. The minimum Gasteiger partial charge on any atom is -0.326 e. The first-order valence-electron chi connectivity index (χ1n) is 8.52. The number of aryl methyl sites for hydroxylation is 1. The van der Waals surface area contributed by atoms with Crippen LogP contribution in [0.2, 0.25) is 5.02 Å². The average Bonchev–Trinajstić information content (AvgIpc) is 3.14. The van der Waals surface area contributed by atoms with E-state index in [2.05, 4.69) is 10.4 Å². The molecule has 134 valence electrons. The summed E-state index contributed by atoms with van der Waals surface area (Å²) < 4.78 is 0. The molecule has 1 heterocycles. The van der Waals surface area contributed by atoms with Gasteiger partial charge in [0, 0.05) is 30.0 Å². The lowest BCUT2D eigenvalue weighted by Crippen LogP contribution is -2.25. The monoisotopic (exact) mass is 369 g/mol. The maximum Gasteiger partial charge on any atom is 0.243 e. The maximum atomic E-state index is 12.3. The Morgan fingerprint density at radius 3 is 2.65 bits per heavy atom. The van der Waals surface area contributed by atoms with Gasteiger partial charge in [-0.2, -0.15) is 5.10 Å². The van der Waals surface area contributed by atoms with Crippen molar-refractivity contribution < 1.29 is 9.59 Å². The summed E-state index contributed by atoms with van der Waals surface area (Å²) in [4.78, 5) is 24.3. The summed E-state index contributed by atoms with van der Waals surface area (Å²) in [6, 6.07) is 15.1. The minimum atomic E-state index is -0.218. The molecule has 26 heavy (non-hydrogen) atoms. The molecule has 2 aromatic carbocycles. The number of halogens is 1. The van der Waals surface area contributed by atoms with Gasteiger partial charge < -0.3 is 5.32 Å². The fourth-order valence-electron chi connectivity index (χ4n) is 2.71. The Bertz CT molecular complexity index is 849. The van der Waals surface area contributed by atoms with Gasteiger partial charge in [0.25, 0.3) is 0 Å². The van der Waals surface area contributed by atoms with Crippen molar-refractivity contribution >= 4 is 34.8 Å². The van der Waals surface area contributed by atoms with Gasteiger partial charge in [-0.3, -0.25) is 9.59 Å². The Morgan fingerprint density at radius 1 is 1.15 bits per heavy atom. The summed E-state index contributed by atoms with van der Waals surface area (Å²) in [5, 5.41) is 9.21. The first-order valence-corrected chi connectivity index (χ1v) is 8.90. The highest BCUT2D eigenvalue weighted by molar-refractivity contribution is 6.31. The SMILES string of the molecule is Cc1ccc(NC(=O)CCC(=O)N2CCC(c3ccccc3)=N2)cc1Cl. The number of benzene rings is 2. The Labute approximate surface area is 157 Å². The molecule has 5 nitrogen and oxygen atoms in total. The number of rotatable bonds is 5. The molecule has 0 atom stereocenters. The van der Waals surface area contributed by atoms with Gasteiger partial charge in [-0.05, 0) is 30.2 Å². The lowest BCUT2D eigenvalue weighted by molar-refractivity contribution is -0.132. The van der Waals surface area contributed by atoms with E-state index in [0.717, 1.165) is 23.3 Å². The quantitative estimate of drug-likeness (QED) is 0.865. The van der Waals surface area contributed by atoms with E-state index in [1.54, 1.807) is 12.1 Å². The molecule has 2 amide bonds. The van der Waals surface area contributed by atoms with Gasteiger partial charge in [0.05, 0.1) is 12.3 Å². The van der Waals surface area contributed by atoms with Crippen molar-refractivity contribution in [3.8, 4) is 0 Å². The van der Waals surface area contributed by atoms with Crippen LogP contribution < -0.4 is 5.32 Å². The van der Waals surface area contributed by atoms with Crippen LogP contribution in [0.1, 0.15) is 30.4 Å². The second-order valence-corrected chi connectivity index (χ2v) is 6.60. The third kappa shape index (κ3) is 4.49. The van der Waals surface area contributed by atoms with E-state index in [1.807, 2.05) is 43.3 Å². The summed E-state index contributed by atoms with van der Waals surface area (Å²) in [5.41, 5.74) is 3.50. The molecule has 2 aromatic rings. The van der Waals surface area contributed by atoms with Gasteiger partial charge in [0.1, 0.15) is 0 Å². The zero-order valence-corrected chi connectivity index (χ0v) is 15.3. The van der Waals surface area contributed by atoms with Crippen molar-refractivity contribution in [3.63, 3.8) is 0 Å². The third-order valence-electron chi connectivity index (χ3n) is 4.22. The van der Waals surface area contributed by atoms with E-state index in [0.29, 0.717) is 17.3 Å². The molecule has 0 unspecified atom stereocenters. The second-order valence-electron chi connectivity index (χ2n) is 6.19. The van der Waals surface area contributed by atoms with Gasteiger partial charge in [0.15, 0.2) is 0 Å². The van der Waals surface area contributed by atoms with Crippen molar-refractivity contribution in [1.82, 2.24) is 5.01 Å². The standard InChI is InChI=1S/C20H20ClN3O2/c1-14-7-8-16(13-17(14)21)22-19(25)9-10-20(26)24-12-11-18(23-24)15-5-3-2-4-6-15/h2-8,13H,9-12H2,1H3,(H,22,25). The van der Waals surface area contributed by atoms with E-state index in [9.17, 15) is 9.59 Å². The molecule has 1 aliphatic heterocycles. The highest BCUT2D eigenvalue weighted by Crippen LogP contribution is 2.20. The van der Waals surface area contributed by atoms with Crippen LogP contribution >= 0.6 is 11.6 Å². The molecule has 0 saturated heterocycles. The molecular formula is C20H20ClN3O2. The lowest BCUT2D eigenvalue weighted by Gasteiger charge is -2.11. The molecule has 0 spiro atoms. The van der Waals surface area contributed by atoms with E-state index >= 15 is 0 Å². The molecule has 0 fully saturated rings. The fourth-order valence-corrected chi connectivity index (χ4v) is 2.89. The Morgan fingerprint density at radius 2 is 1.92 bits per heavy atom. The van der Waals surface area contributed by atoms with Crippen molar-refractivity contribution in [2.75, 3.05) is 11.9 Å². The van der Waals surface area contributed by atoms with E-state index in [4.69, 9.17) is 11.6 Å². The highest BCUT2D eigenvalue weighted by atomic mass is 35.5. The number of nitrogens with one attached hydrogen (secondary N) is 1. The van der Waals surface area contributed by atoms with Gasteiger partial charge in [-0.25, -0.2) is 5.01 Å². The largest absolute Gasteiger partial charge is 0.326 e. The molecule has 0 saturated carbocycles. The van der Waals surface area contributed by atoms with Crippen molar-refractivity contribution in [2.45, 2.75) is 26.2 Å². The topological polar surface area (TPSA) is 61.8 Å². The number of carbonyl (C=O) groups is 2. The van der Waals surface area contributed by atoms with Crippen LogP contribution in [0.25, 0.3) is 0 Å². The van der Waals surface area contributed by atoms with Crippen molar-refractivity contribution in [1.29, 1.82) is 0 Å². The molecule has 0 aromatic heterocycles. The molecule has 0 radical (unpaired) electrons. The first-order chi connectivity index (χ1) is 12.5. The molecule has 0 aliphatic carbocycles. The van der Waals surface area contributed by atoms with Crippen molar-refractivity contribution in [2.24, 2.45) is 5.10 Å². The number of hydrogen-bond acceptors (Lipinski definition) is 3. The summed E-state index contributed by atoms with van der Waals surface area (Å²) >= 11 is 6.05. The fraction of sp³-hybridized carbons (Fsp3) is 0.250. The average molecular weight is 370 g/mol. The third-order valence-corrected chi connectivity index (χ3v) is 4.63. The van der Waals surface area contributed by atoms with E-state index < -0.39 is 0 Å². The summed E-state index contributed by atoms with van der Waals surface area (Å²) in [7, 11) is 0. The minimum absolute atomic E-state index is 0.108. The number of hydrazone groups is 1. The van der Waals surface area contributed by atoms with Crippen molar-refractivity contribution in [3.05, 3.63) is 64.7 Å². The Hall–Kier alpha value is -2.66. The lowest BCUT2D eigenvalue weighted by atomic mass is 10.1. The Kier molecular flexibility index (Phi) is 5.68. The normalized spacial score (nSPS) is 13.5. The molecule has 3 rings (SSSR count). The molecule has 6 heteroatoms. The van der Waals surface area contributed by atoms with Crippen LogP contribution in [0, 0.1) is 6.92 Å². The number of nitrogens with zero attached hydrogens (tertiary/aromatic N) is 2. The molecule has 0 bridgehead atoms. The Balaban J connectivity index is 1.51. The number of carbonyl (C=O) groups excluding carboxylic acids is 2. The van der Waals surface area contributed by atoms with E-state index in [1.165, 1.54) is 5.01 Å². The van der Waals surface area contributed by atoms with Crippen LogP contribution in [-0.4, -0.2) is 29.1 Å². The first kappa shape index (κ1) is 18.1. The van der Waals surface area contributed by atoms with Gasteiger partial charge in [0.2, 0.25) is 11.8 Å². The second kappa shape index (κ2) is 8.15. The van der Waals surface area contributed by atoms with Crippen LogP contribution in [-0.2, 0) is 9.59 Å². The zero-order chi connectivity index (χ0) is 18.5. The molecule has 1 aliphatic rings. The summed E-state index contributed by atoms with van der Waals surface area (Å²) in [5.74, 6) is -0.363. The number of hydrogen-bond donors (Lipinski definition) is 1. The summed E-state index contributed by atoms with van der Waals surface area (Å²) in [6.07, 6.45) is 0.956. The van der Waals surface area contributed by atoms with E-state index in [-0.39, 0.29) is 24.7 Å². The maximum absolute atomic E-state index is 12.3. The number of anilines is 1. The highest BCUT2D eigenvalue weighted by Gasteiger charge is 2.21. The molecule has 1 N–H and O–H groups in total. The van der Waals surface area contributed by atoms with Gasteiger partial charge >= 0.3 is 0 Å². The summed E-state index contributed by atoms with van der Waals surface area (Å²) in [6.45, 7) is 2.45. The van der Waals surface area contributed by atoms with Gasteiger partial charge in [-0.15, -0.1) is 0 Å². The predicted octanol–water partition coefficient (Wildman–Crippen LogP) is 4.00. The van der Waals surface area contributed by atoms with Crippen LogP contribution in [0.5, 0.6) is 0 Å². The number of amides is 2. The van der Waals surface area contributed by atoms with Crippen LogP contribution in [0.15, 0.2) is 53.6 Å². The van der Waals surface area contributed by atoms with Crippen LogP contribution in [0.4, 0.5) is 5.69 Å².